The van der Waals surface area contributed by atoms with Crippen molar-refractivity contribution in [3.05, 3.63) is 36.4 Å². The zero-order valence-corrected chi connectivity index (χ0v) is 11.8. The number of nitrogens with one attached hydrogen (secondary N) is 2. The van der Waals surface area contributed by atoms with Gasteiger partial charge in [-0.25, -0.2) is 9.97 Å². The van der Waals surface area contributed by atoms with Crippen LogP contribution in [0.3, 0.4) is 0 Å². The van der Waals surface area contributed by atoms with E-state index in [1.807, 2.05) is 0 Å². The molecule has 0 spiro atoms. The number of aromatic amines is 2. The summed E-state index contributed by atoms with van der Waals surface area (Å²) in [5.41, 5.74) is -1.09. The molecule has 0 fully saturated rings. The van der Waals surface area contributed by atoms with E-state index in [2.05, 4.69) is 19.9 Å². The fourth-order valence-corrected chi connectivity index (χ4v) is 2.20. The Morgan fingerprint density at radius 2 is 1.43 bits per heavy atom. The molecule has 2 aromatic rings. The number of ether oxygens (including phenoxy) is 2. The first kappa shape index (κ1) is 14.8. The van der Waals surface area contributed by atoms with E-state index in [0.29, 0.717) is 11.6 Å². The molecule has 0 bridgehead atoms. The van der Waals surface area contributed by atoms with Gasteiger partial charge in [0.25, 0.3) is 0 Å². The number of nitrogens with zero attached hydrogens (tertiary/aromatic N) is 2. The second-order valence-corrected chi connectivity index (χ2v) is 4.46. The Balaban J connectivity index is 2.52. The van der Waals surface area contributed by atoms with Crippen LogP contribution in [0, 0.1) is 0 Å². The third-order valence-electron chi connectivity index (χ3n) is 3.25. The zero-order chi connectivity index (χ0) is 15.3. The summed E-state index contributed by atoms with van der Waals surface area (Å²) in [5, 5.41) is 0. The van der Waals surface area contributed by atoms with E-state index in [4.69, 9.17) is 9.47 Å². The fraction of sp³-hybridized carbons (Fsp3) is 0.385. The molecule has 0 unspecified atom stereocenters. The number of H-pyrrole nitrogens is 2. The van der Waals surface area contributed by atoms with E-state index < -0.39 is 17.4 Å². The van der Waals surface area contributed by atoms with Crippen molar-refractivity contribution in [2.45, 2.75) is 18.3 Å². The van der Waals surface area contributed by atoms with Crippen molar-refractivity contribution in [2.75, 3.05) is 14.2 Å². The topological polar surface area (TPSA) is 110 Å². The quantitative estimate of drug-likeness (QED) is 0.752. The number of rotatable bonds is 6. The molecule has 0 aliphatic rings. The first-order valence-electron chi connectivity index (χ1n) is 6.25. The van der Waals surface area contributed by atoms with Crippen LogP contribution < -0.4 is 0 Å². The lowest BCUT2D eigenvalue weighted by Gasteiger charge is -2.27. The highest BCUT2D eigenvalue weighted by Crippen LogP contribution is 2.35. The lowest BCUT2D eigenvalue weighted by Crippen LogP contribution is -2.36. The van der Waals surface area contributed by atoms with E-state index in [1.165, 1.54) is 14.2 Å². The summed E-state index contributed by atoms with van der Waals surface area (Å²) in [5.74, 6) is -0.0834. The monoisotopic (exact) mass is 292 g/mol. The second-order valence-electron chi connectivity index (χ2n) is 4.46. The van der Waals surface area contributed by atoms with Gasteiger partial charge in [-0.05, 0) is 0 Å². The third-order valence-corrected chi connectivity index (χ3v) is 3.25. The highest BCUT2D eigenvalue weighted by atomic mass is 16.5. The molecule has 2 heterocycles. The van der Waals surface area contributed by atoms with Crippen molar-refractivity contribution in [1.29, 1.82) is 0 Å². The Morgan fingerprint density at radius 1 is 1.00 bits per heavy atom. The molecule has 8 nitrogen and oxygen atoms in total. The lowest BCUT2D eigenvalue weighted by molar-refractivity contribution is -0.144. The van der Waals surface area contributed by atoms with E-state index in [0.717, 1.165) is 0 Å². The van der Waals surface area contributed by atoms with Crippen LogP contribution in [0.4, 0.5) is 0 Å². The van der Waals surface area contributed by atoms with Gasteiger partial charge in [-0.3, -0.25) is 9.59 Å². The summed E-state index contributed by atoms with van der Waals surface area (Å²) in [6.07, 6.45) is 6.12. The van der Waals surface area contributed by atoms with Crippen LogP contribution >= 0.6 is 0 Å². The average molecular weight is 292 g/mol. The minimum Gasteiger partial charge on any atom is -0.469 e. The van der Waals surface area contributed by atoms with Crippen LogP contribution in [0.15, 0.2) is 24.8 Å². The van der Waals surface area contributed by atoms with E-state index in [1.54, 1.807) is 24.8 Å². The van der Waals surface area contributed by atoms with Crippen LogP contribution in [-0.2, 0) is 24.5 Å². The number of carbonyl (C=O) groups excluding carboxylic acids is 2. The summed E-state index contributed by atoms with van der Waals surface area (Å²) in [7, 11) is 2.57. The number of imidazole rings is 2. The largest absolute Gasteiger partial charge is 0.469 e. The predicted molar refractivity (Wildman–Crippen MR) is 71.2 cm³/mol. The molecule has 0 saturated heterocycles. The molecular weight excluding hydrogens is 276 g/mol. The molecular formula is C13H16N4O4. The predicted octanol–water partition coefficient (Wildman–Crippen LogP) is 0.545. The van der Waals surface area contributed by atoms with Crippen LogP contribution in [0.5, 0.6) is 0 Å². The van der Waals surface area contributed by atoms with Gasteiger partial charge in [0.05, 0.1) is 27.1 Å². The maximum atomic E-state index is 11.8. The summed E-state index contributed by atoms with van der Waals surface area (Å²) < 4.78 is 9.49. The highest BCUT2D eigenvalue weighted by Gasteiger charge is 2.44. The summed E-state index contributed by atoms with van der Waals surface area (Å²) in [6.45, 7) is 0. The number of hydrogen-bond acceptors (Lipinski definition) is 6. The molecule has 0 aromatic carbocycles. The number of aromatic nitrogens is 4. The summed E-state index contributed by atoms with van der Waals surface area (Å²) >= 11 is 0. The molecule has 8 heteroatoms. The van der Waals surface area contributed by atoms with Crippen molar-refractivity contribution in [2.24, 2.45) is 0 Å². The molecule has 0 aliphatic carbocycles. The summed E-state index contributed by atoms with van der Waals surface area (Å²) in [4.78, 5) is 37.9. The van der Waals surface area contributed by atoms with Gasteiger partial charge in [0.2, 0.25) is 0 Å². The molecule has 112 valence electrons. The molecule has 0 radical (unpaired) electrons. The Bertz CT molecular complexity index is 537. The Kier molecular flexibility index (Phi) is 4.36. The Labute approximate surface area is 120 Å². The first-order chi connectivity index (χ1) is 10.1. The van der Waals surface area contributed by atoms with E-state index >= 15 is 0 Å². The van der Waals surface area contributed by atoms with Gasteiger partial charge in [-0.1, -0.05) is 0 Å². The molecule has 0 saturated carbocycles. The van der Waals surface area contributed by atoms with Crippen molar-refractivity contribution < 1.29 is 19.1 Å². The van der Waals surface area contributed by atoms with Crippen LogP contribution in [0.2, 0.25) is 0 Å². The number of hydrogen-bond donors (Lipinski definition) is 2. The van der Waals surface area contributed by atoms with E-state index in [-0.39, 0.29) is 12.8 Å². The van der Waals surface area contributed by atoms with Crippen molar-refractivity contribution in [1.82, 2.24) is 19.9 Å². The molecule has 0 amide bonds. The molecule has 2 N–H and O–H groups in total. The van der Waals surface area contributed by atoms with Crippen molar-refractivity contribution >= 4 is 11.9 Å². The Morgan fingerprint density at radius 3 is 1.71 bits per heavy atom. The van der Waals surface area contributed by atoms with Gasteiger partial charge < -0.3 is 19.4 Å². The van der Waals surface area contributed by atoms with E-state index in [9.17, 15) is 9.59 Å². The van der Waals surface area contributed by atoms with Crippen LogP contribution in [0.25, 0.3) is 0 Å². The third kappa shape index (κ3) is 2.93. The SMILES string of the molecule is COC(=O)CC(CC(=O)OC)(c1ncc[nH]1)c1ncc[nH]1. The number of esters is 2. The number of methoxy groups -OCH3 is 2. The van der Waals surface area contributed by atoms with Gasteiger partial charge >= 0.3 is 11.9 Å². The molecule has 0 aliphatic heterocycles. The van der Waals surface area contributed by atoms with Gasteiger partial charge in [-0.2, -0.15) is 0 Å². The van der Waals surface area contributed by atoms with Gasteiger partial charge in [0.1, 0.15) is 17.1 Å². The first-order valence-corrected chi connectivity index (χ1v) is 6.25. The smallest absolute Gasteiger partial charge is 0.307 e. The molecule has 0 atom stereocenters. The van der Waals surface area contributed by atoms with Crippen LogP contribution in [-0.4, -0.2) is 46.1 Å². The minimum absolute atomic E-state index is 0.0976. The Hall–Kier alpha value is -2.64. The summed E-state index contributed by atoms with van der Waals surface area (Å²) in [6, 6.07) is 0. The van der Waals surface area contributed by atoms with Crippen molar-refractivity contribution in [3.8, 4) is 0 Å². The molecule has 2 aromatic heterocycles. The molecule has 2 rings (SSSR count). The maximum Gasteiger partial charge on any atom is 0.307 e. The number of carbonyl (C=O) groups is 2. The minimum atomic E-state index is -1.09. The van der Waals surface area contributed by atoms with Crippen molar-refractivity contribution in [3.63, 3.8) is 0 Å². The fourth-order valence-electron chi connectivity index (χ4n) is 2.20. The molecule has 21 heavy (non-hydrogen) atoms. The highest BCUT2D eigenvalue weighted by molar-refractivity contribution is 5.77. The van der Waals surface area contributed by atoms with Crippen LogP contribution in [0.1, 0.15) is 24.5 Å². The zero-order valence-electron chi connectivity index (χ0n) is 11.8. The maximum absolute atomic E-state index is 11.8. The van der Waals surface area contributed by atoms with Gasteiger partial charge in [0, 0.05) is 24.8 Å². The normalized spacial score (nSPS) is 11.1. The average Bonchev–Trinajstić information content (AvgIpc) is 3.18. The lowest BCUT2D eigenvalue weighted by atomic mass is 9.79. The second kappa shape index (κ2) is 6.21. The van der Waals surface area contributed by atoms with Gasteiger partial charge in [0.15, 0.2) is 0 Å². The standard InChI is InChI=1S/C13H16N4O4/c1-20-9(18)7-13(8-10(19)21-2,11-14-3-4-15-11)12-16-5-6-17-12/h3-6H,7-8H2,1-2H3,(H,14,15)(H,16,17). The van der Waals surface area contributed by atoms with Gasteiger partial charge in [-0.15, -0.1) is 0 Å².